The van der Waals surface area contributed by atoms with Crippen LogP contribution < -0.4 is 5.32 Å². The number of fused-ring (bicyclic) bond motifs is 1. The van der Waals surface area contributed by atoms with Gasteiger partial charge in [-0.05, 0) is 65.8 Å². The summed E-state index contributed by atoms with van der Waals surface area (Å²) in [5.41, 5.74) is 5.94. The van der Waals surface area contributed by atoms with E-state index in [4.69, 9.17) is 0 Å². The molecule has 150 valence electrons. The summed E-state index contributed by atoms with van der Waals surface area (Å²) in [7, 11) is 0. The molecule has 1 aliphatic carbocycles. The van der Waals surface area contributed by atoms with Gasteiger partial charge in [-0.2, -0.15) is 0 Å². The van der Waals surface area contributed by atoms with Gasteiger partial charge in [0.05, 0.1) is 11.7 Å². The Morgan fingerprint density at radius 2 is 1.82 bits per heavy atom. The highest BCUT2D eigenvalue weighted by atomic mass is 16.4. The Morgan fingerprint density at radius 3 is 2.43 bits per heavy atom. The number of hydrogen-bond donors (Lipinski definition) is 2. The number of hydrogen-bond acceptors (Lipinski definition) is 3. The number of carboxylic acid groups (broad SMARTS) is 1. The molecular weight excluding hydrogens is 348 g/mol. The maximum atomic E-state index is 12.2. The van der Waals surface area contributed by atoms with Crippen LogP contribution in [-0.2, 0) is 17.6 Å². The van der Waals surface area contributed by atoms with Crippen molar-refractivity contribution in [3.63, 3.8) is 0 Å². The first-order chi connectivity index (χ1) is 13.4. The number of carboxylic acids is 1. The summed E-state index contributed by atoms with van der Waals surface area (Å²) in [6, 6.07) is 9.82. The second kappa shape index (κ2) is 8.87. The number of aliphatic carboxylic acids is 1. The van der Waals surface area contributed by atoms with Crippen molar-refractivity contribution in [2.75, 3.05) is 0 Å². The molecule has 0 spiro atoms. The molecule has 1 unspecified atom stereocenters. The number of nitrogens with one attached hydrogen (secondary N) is 1. The van der Waals surface area contributed by atoms with Gasteiger partial charge in [-0.1, -0.05) is 52.0 Å². The lowest BCUT2D eigenvalue weighted by Crippen LogP contribution is -2.42. The van der Waals surface area contributed by atoms with E-state index < -0.39 is 12.0 Å². The van der Waals surface area contributed by atoms with Crippen LogP contribution >= 0.6 is 0 Å². The smallest absolute Gasteiger partial charge is 0.321 e. The summed E-state index contributed by atoms with van der Waals surface area (Å²) in [6.07, 6.45) is 5.31. The molecule has 1 heterocycles. The lowest BCUT2D eigenvalue weighted by atomic mass is 9.85. The van der Waals surface area contributed by atoms with Crippen LogP contribution in [0.3, 0.4) is 0 Å². The predicted octanol–water partition coefficient (Wildman–Crippen LogP) is 4.99. The second-order valence-electron chi connectivity index (χ2n) is 8.48. The number of carbonyl (C=O) groups is 1. The highest BCUT2D eigenvalue weighted by Crippen LogP contribution is 2.31. The third kappa shape index (κ3) is 4.44. The SMILES string of the molecule is CC(C)c1cccc(C(C)C)c1C[C@H](NC1CCCc2cccnc21)C(=O)O. The minimum atomic E-state index is -0.795. The van der Waals surface area contributed by atoms with Crippen LogP contribution in [0, 0.1) is 0 Å². The van der Waals surface area contributed by atoms with Crippen LogP contribution in [0.4, 0.5) is 0 Å². The average molecular weight is 381 g/mol. The first-order valence-electron chi connectivity index (χ1n) is 10.4. The average Bonchev–Trinajstić information content (AvgIpc) is 2.67. The molecule has 0 saturated heterocycles. The topological polar surface area (TPSA) is 62.2 Å². The van der Waals surface area contributed by atoms with Crippen molar-refractivity contribution < 1.29 is 9.90 Å². The van der Waals surface area contributed by atoms with E-state index in [1.54, 1.807) is 6.20 Å². The molecule has 28 heavy (non-hydrogen) atoms. The Bertz CT molecular complexity index is 803. The summed E-state index contributed by atoms with van der Waals surface area (Å²) < 4.78 is 0. The fraction of sp³-hybridized carbons (Fsp3) is 0.500. The number of aryl methyl sites for hydroxylation is 1. The van der Waals surface area contributed by atoms with Crippen LogP contribution in [-0.4, -0.2) is 22.1 Å². The summed E-state index contributed by atoms with van der Waals surface area (Å²) in [6.45, 7) is 8.70. The summed E-state index contributed by atoms with van der Waals surface area (Å²) in [5.74, 6) is -0.0724. The van der Waals surface area contributed by atoms with E-state index in [9.17, 15) is 9.90 Å². The third-order valence-corrected chi connectivity index (χ3v) is 5.80. The van der Waals surface area contributed by atoms with Gasteiger partial charge < -0.3 is 5.11 Å². The Morgan fingerprint density at radius 1 is 1.14 bits per heavy atom. The molecule has 1 aromatic heterocycles. The number of rotatable bonds is 7. The van der Waals surface area contributed by atoms with Gasteiger partial charge in [0.2, 0.25) is 0 Å². The monoisotopic (exact) mass is 380 g/mol. The van der Waals surface area contributed by atoms with Crippen LogP contribution in [0.25, 0.3) is 0 Å². The van der Waals surface area contributed by atoms with Crippen LogP contribution in [0.1, 0.15) is 86.4 Å². The van der Waals surface area contributed by atoms with E-state index in [2.05, 4.69) is 62.3 Å². The Hall–Kier alpha value is -2.20. The van der Waals surface area contributed by atoms with Crippen molar-refractivity contribution in [2.24, 2.45) is 0 Å². The molecule has 0 saturated carbocycles. The molecule has 2 atom stereocenters. The quantitative estimate of drug-likeness (QED) is 0.710. The van der Waals surface area contributed by atoms with Gasteiger partial charge in [-0.25, -0.2) is 0 Å². The van der Waals surface area contributed by atoms with Crippen molar-refractivity contribution in [2.45, 2.75) is 77.3 Å². The second-order valence-corrected chi connectivity index (χ2v) is 8.48. The van der Waals surface area contributed by atoms with Crippen molar-refractivity contribution in [3.05, 3.63) is 64.5 Å². The van der Waals surface area contributed by atoms with Crippen molar-refractivity contribution in [3.8, 4) is 0 Å². The van der Waals surface area contributed by atoms with E-state index in [1.807, 2.05) is 6.07 Å². The van der Waals surface area contributed by atoms with Crippen LogP contribution in [0.15, 0.2) is 36.5 Å². The maximum Gasteiger partial charge on any atom is 0.321 e. The minimum Gasteiger partial charge on any atom is -0.480 e. The largest absolute Gasteiger partial charge is 0.480 e. The van der Waals surface area contributed by atoms with E-state index in [0.29, 0.717) is 18.3 Å². The molecule has 1 aromatic carbocycles. The molecule has 0 radical (unpaired) electrons. The van der Waals surface area contributed by atoms with Crippen molar-refractivity contribution >= 4 is 5.97 Å². The zero-order valence-electron chi connectivity index (χ0n) is 17.4. The molecule has 1 aliphatic rings. The summed E-state index contributed by atoms with van der Waals surface area (Å²) in [5, 5.41) is 13.4. The van der Waals surface area contributed by atoms with Crippen LogP contribution in [0.5, 0.6) is 0 Å². The molecule has 3 rings (SSSR count). The van der Waals surface area contributed by atoms with E-state index in [1.165, 1.54) is 22.3 Å². The third-order valence-electron chi connectivity index (χ3n) is 5.80. The van der Waals surface area contributed by atoms with E-state index in [-0.39, 0.29) is 6.04 Å². The Labute approximate surface area is 168 Å². The normalized spacial score (nSPS) is 17.6. The Balaban J connectivity index is 1.91. The first-order valence-corrected chi connectivity index (χ1v) is 10.4. The molecule has 4 heteroatoms. The fourth-order valence-corrected chi connectivity index (χ4v) is 4.38. The molecule has 2 aromatic rings. The maximum absolute atomic E-state index is 12.2. The minimum absolute atomic E-state index is 0.000220. The molecule has 4 nitrogen and oxygen atoms in total. The van der Waals surface area contributed by atoms with Gasteiger partial charge in [0.25, 0.3) is 0 Å². The number of aromatic nitrogens is 1. The standard InChI is InChI=1S/C24H32N2O2/c1-15(2)18-10-6-11-19(16(3)4)20(18)14-22(24(27)28)26-21-12-5-8-17-9-7-13-25-23(17)21/h6-7,9-11,13,15-16,21-22,26H,5,8,12,14H2,1-4H3,(H,27,28)/t21?,22-/m0/s1. The molecule has 0 fully saturated rings. The summed E-state index contributed by atoms with van der Waals surface area (Å²) in [4.78, 5) is 16.7. The van der Waals surface area contributed by atoms with Crippen molar-refractivity contribution in [1.29, 1.82) is 0 Å². The lowest BCUT2D eigenvalue weighted by Gasteiger charge is -2.29. The van der Waals surface area contributed by atoms with Gasteiger partial charge in [0, 0.05) is 6.20 Å². The van der Waals surface area contributed by atoms with E-state index in [0.717, 1.165) is 25.0 Å². The first kappa shape index (κ1) is 20.5. The molecular formula is C24H32N2O2. The highest BCUT2D eigenvalue weighted by Gasteiger charge is 2.29. The molecule has 0 aliphatic heterocycles. The zero-order chi connectivity index (χ0) is 20.3. The van der Waals surface area contributed by atoms with Gasteiger partial charge >= 0.3 is 5.97 Å². The van der Waals surface area contributed by atoms with Gasteiger partial charge in [0.15, 0.2) is 0 Å². The van der Waals surface area contributed by atoms with Gasteiger partial charge in [-0.15, -0.1) is 0 Å². The number of benzene rings is 1. The van der Waals surface area contributed by atoms with E-state index >= 15 is 0 Å². The van der Waals surface area contributed by atoms with Crippen molar-refractivity contribution in [1.82, 2.24) is 10.3 Å². The number of pyridine rings is 1. The molecule has 2 N–H and O–H groups in total. The highest BCUT2D eigenvalue weighted by molar-refractivity contribution is 5.74. The predicted molar refractivity (Wildman–Crippen MR) is 113 cm³/mol. The Kier molecular flexibility index (Phi) is 6.50. The van der Waals surface area contributed by atoms with Crippen LogP contribution in [0.2, 0.25) is 0 Å². The van der Waals surface area contributed by atoms with Gasteiger partial charge in [0.1, 0.15) is 6.04 Å². The zero-order valence-corrected chi connectivity index (χ0v) is 17.4. The lowest BCUT2D eigenvalue weighted by molar-refractivity contribution is -0.139. The molecule has 0 amide bonds. The molecule has 0 bridgehead atoms. The number of nitrogens with zero attached hydrogens (tertiary/aromatic N) is 1. The summed E-state index contributed by atoms with van der Waals surface area (Å²) >= 11 is 0. The van der Waals surface area contributed by atoms with Gasteiger partial charge in [-0.3, -0.25) is 15.1 Å². The fourth-order valence-electron chi connectivity index (χ4n) is 4.38.